The number of nitrogens with zero attached hydrogens (tertiary/aromatic N) is 2. The van der Waals surface area contributed by atoms with E-state index >= 15 is 0 Å². The predicted molar refractivity (Wildman–Crippen MR) is 89.1 cm³/mol. The number of benzene rings is 1. The summed E-state index contributed by atoms with van der Waals surface area (Å²) in [4.78, 5) is 16.5. The molecule has 1 atom stereocenters. The lowest BCUT2D eigenvalue weighted by atomic mass is 10.1. The largest absolute Gasteiger partial charge is 0.395 e. The van der Waals surface area contributed by atoms with Gasteiger partial charge in [-0.3, -0.25) is 9.69 Å². The molecule has 0 spiro atoms. The standard InChI is InChI=1S/C17H25ClN2O2/c1-2-15(13-21)19-9-11-20(12-10-19)17(22)8-7-14-5-3-4-6-16(14)18/h3-6,15,21H,2,7-13H2,1H3. The van der Waals surface area contributed by atoms with Crippen LogP contribution in [-0.2, 0) is 11.2 Å². The normalized spacial score (nSPS) is 17.5. The molecule has 1 aliphatic heterocycles. The Morgan fingerprint density at radius 2 is 1.95 bits per heavy atom. The lowest BCUT2D eigenvalue weighted by Gasteiger charge is -2.38. The van der Waals surface area contributed by atoms with Gasteiger partial charge in [0.2, 0.25) is 5.91 Å². The molecular weight excluding hydrogens is 300 g/mol. The van der Waals surface area contributed by atoms with Crippen molar-refractivity contribution in [2.45, 2.75) is 32.2 Å². The number of hydrogen-bond donors (Lipinski definition) is 1. The summed E-state index contributed by atoms with van der Waals surface area (Å²) in [7, 11) is 0. The highest BCUT2D eigenvalue weighted by atomic mass is 35.5. The van der Waals surface area contributed by atoms with Gasteiger partial charge in [0, 0.05) is 43.7 Å². The molecule has 122 valence electrons. The first kappa shape index (κ1) is 17.3. The summed E-state index contributed by atoms with van der Waals surface area (Å²) >= 11 is 6.12. The van der Waals surface area contributed by atoms with E-state index in [4.69, 9.17) is 11.6 Å². The van der Waals surface area contributed by atoms with Crippen molar-refractivity contribution in [1.82, 2.24) is 9.80 Å². The molecule has 1 amide bonds. The average Bonchev–Trinajstić information content (AvgIpc) is 2.55. The van der Waals surface area contributed by atoms with Crippen LogP contribution in [0.1, 0.15) is 25.3 Å². The molecular formula is C17H25ClN2O2. The van der Waals surface area contributed by atoms with Crippen molar-refractivity contribution in [2.24, 2.45) is 0 Å². The average molecular weight is 325 g/mol. The molecule has 0 bridgehead atoms. The highest BCUT2D eigenvalue weighted by Crippen LogP contribution is 2.17. The number of aliphatic hydroxyl groups excluding tert-OH is 1. The molecule has 1 fully saturated rings. The molecule has 0 saturated carbocycles. The van der Waals surface area contributed by atoms with Crippen LogP contribution >= 0.6 is 11.6 Å². The Bertz CT molecular complexity index is 483. The zero-order valence-corrected chi connectivity index (χ0v) is 13.9. The quantitative estimate of drug-likeness (QED) is 0.872. The summed E-state index contributed by atoms with van der Waals surface area (Å²) in [5.41, 5.74) is 1.03. The number of hydrogen-bond acceptors (Lipinski definition) is 3. The molecule has 1 heterocycles. The number of piperazine rings is 1. The molecule has 0 aromatic heterocycles. The highest BCUT2D eigenvalue weighted by Gasteiger charge is 2.24. The maximum atomic E-state index is 12.3. The van der Waals surface area contributed by atoms with Gasteiger partial charge >= 0.3 is 0 Å². The minimum atomic E-state index is 0.191. The van der Waals surface area contributed by atoms with Crippen LogP contribution in [0.4, 0.5) is 0 Å². The molecule has 1 aromatic rings. The summed E-state index contributed by atoms with van der Waals surface area (Å²) < 4.78 is 0. The number of aliphatic hydroxyl groups is 1. The number of carbonyl (C=O) groups excluding carboxylic acids is 1. The number of carbonyl (C=O) groups is 1. The van der Waals surface area contributed by atoms with E-state index in [9.17, 15) is 9.90 Å². The lowest BCUT2D eigenvalue weighted by Crippen LogP contribution is -2.52. The van der Waals surface area contributed by atoms with Crippen molar-refractivity contribution >= 4 is 17.5 Å². The van der Waals surface area contributed by atoms with Gasteiger partial charge in [0.05, 0.1) is 6.61 Å². The van der Waals surface area contributed by atoms with Crippen LogP contribution in [0.3, 0.4) is 0 Å². The first-order valence-electron chi connectivity index (χ1n) is 8.01. The number of halogens is 1. The fraction of sp³-hybridized carbons (Fsp3) is 0.588. The summed E-state index contributed by atoms with van der Waals surface area (Å²) in [5, 5.41) is 10.1. The van der Waals surface area contributed by atoms with Crippen molar-refractivity contribution in [1.29, 1.82) is 0 Å². The van der Waals surface area contributed by atoms with E-state index in [0.29, 0.717) is 12.8 Å². The Kier molecular flexibility index (Phi) is 6.68. The second-order valence-electron chi connectivity index (χ2n) is 5.75. The molecule has 0 aliphatic carbocycles. The van der Waals surface area contributed by atoms with Gasteiger partial charge in [0.25, 0.3) is 0 Å². The Morgan fingerprint density at radius 1 is 1.27 bits per heavy atom. The maximum Gasteiger partial charge on any atom is 0.222 e. The van der Waals surface area contributed by atoms with Crippen molar-refractivity contribution in [3.05, 3.63) is 34.9 Å². The molecule has 1 unspecified atom stereocenters. The first-order chi connectivity index (χ1) is 10.7. The molecule has 1 aromatic carbocycles. The fourth-order valence-electron chi connectivity index (χ4n) is 2.94. The minimum absolute atomic E-state index is 0.191. The summed E-state index contributed by atoms with van der Waals surface area (Å²) in [6, 6.07) is 7.91. The molecule has 5 heteroatoms. The zero-order chi connectivity index (χ0) is 15.9. The van der Waals surface area contributed by atoms with Gasteiger partial charge in [0.15, 0.2) is 0 Å². The van der Waals surface area contributed by atoms with Gasteiger partial charge in [-0.05, 0) is 24.5 Å². The van der Waals surface area contributed by atoms with Gasteiger partial charge in [-0.2, -0.15) is 0 Å². The smallest absolute Gasteiger partial charge is 0.222 e. The summed E-state index contributed by atoms with van der Waals surface area (Å²) in [6.45, 7) is 5.46. The van der Waals surface area contributed by atoms with Crippen molar-refractivity contribution in [3.8, 4) is 0 Å². The molecule has 1 aliphatic rings. The van der Waals surface area contributed by atoms with Crippen LogP contribution in [-0.4, -0.2) is 59.6 Å². The highest BCUT2D eigenvalue weighted by molar-refractivity contribution is 6.31. The topological polar surface area (TPSA) is 43.8 Å². The third kappa shape index (κ3) is 4.45. The third-order valence-electron chi connectivity index (χ3n) is 4.43. The first-order valence-corrected chi connectivity index (χ1v) is 8.39. The Labute approximate surface area is 137 Å². The number of rotatable bonds is 6. The lowest BCUT2D eigenvalue weighted by molar-refractivity contribution is -0.133. The maximum absolute atomic E-state index is 12.3. The van der Waals surface area contributed by atoms with Gasteiger partial charge in [-0.25, -0.2) is 0 Å². The molecule has 1 saturated heterocycles. The molecule has 0 radical (unpaired) electrons. The van der Waals surface area contributed by atoms with Crippen LogP contribution < -0.4 is 0 Å². The molecule has 2 rings (SSSR count). The van der Waals surface area contributed by atoms with Crippen LogP contribution in [0.2, 0.25) is 5.02 Å². The van der Waals surface area contributed by atoms with Gasteiger partial charge in [-0.15, -0.1) is 0 Å². The van der Waals surface area contributed by atoms with Crippen molar-refractivity contribution < 1.29 is 9.90 Å². The Morgan fingerprint density at radius 3 is 2.55 bits per heavy atom. The zero-order valence-electron chi connectivity index (χ0n) is 13.2. The van der Waals surface area contributed by atoms with Gasteiger partial charge in [0.1, 0.15) is 0 Å². The molecule has 4 nitrogen and oxygen atoms in total. The SMILES string of the molecule is CCC(CO)N1CCN(C(=O)CCc2ccccc2Cl)CC1. The fourth-order valence-corrected chi connectivity index (χ4v) is 3.17. The van der Waals surface area contributed by atoms with Gasteiger partial charge in [-0.1, -0.05) is 36.7 Å². The van der Waals surface area contributed by atoms with E-state index in [-0.39, 0.29) is 18.6 Å². The van der Waals surface area contributed by atoms with Gasteiger partial charge < -0.3 is 10.0 Å². The summed E-state index contributed by atoms with van der Waals surface area (Å²) in [5.74, 6) is 0.191. The minimum Gasteiger partial charge on any atom is -0.395 e. The van der Waals surface area contributed by atoms with Crippen LogP contribution in [0, 0.1) is 0 Å². The van der Waals surface area contributed by atoms with Crippen molar-refractivity contribution in [2.75, 3.05) is 32.8 Å². The van der Waals surface area contributed by atoms with E-state index in [1.807, 2.05) is 29.2 Å². The monoisotopic (exact) mass is 324 g/mol. The predicted octanol–water partition coefficient (Wildman–Crippen LogP) is 2.19. The Hall–Kier alpha value is -1.10. The second-order valence-corrected chi connectivity index (χ2v) is 6.16. The Balaban J connectivity index is 1.79. The third-order valence-corrected chi connectivity index (χ3v) is 4.80. The van der Waals surface area contributed by atoms with E-state index < -0.39 is 0 Å². The summed E-state index contributed by atoms with van der Waals surface area (Å²) in [6.07, 6.45) is 2.13. The van der Waals surface area contributed by atoms with E-state index in [0.717, 1.165) is 43.2 Å². The molecule has 22 heavy (non-hydrogen) atoms. The van der Waals surface area contributed by atoms with Crippen molar-refractivity contribution in [3.63, 3.8) is 0 Å². The van der Waals surface area contributed by atoms with E-state index in [1.54, 1.807) is 0 Å². The second kappa shape index (κ2) is 8.51. The van der Waals surface area contributed by atoms with Crippen LogP contribution in [0.15, 0.2) is 24.3 Å². The molecule has 1 N–H and O–H groups in total. The van der Waals surface area contributed by atoms with Crippen LogP contribution in [0.5, 0.6) is 0 Å². The van der Waals surface area contributed by atoms with Crippen LogP contribution in [0.25, 0.3) is 0 Å². The number of amides is 1. The van der Waals surface area contributed by atoms with E-state index in [2.05, 4.69) is 11.8 Å². The number of aryl methyl sites for hydroxylation is 1. The van der Waals surface area contributed by atoms with E-state index in [1.165, 1.54) is 0 Å².